The lowest BCUT2D eigenvalue weighted by Crippen LogP contribution is -2.37. The van der Waals surface area contributed by atoms with Gasteiger partial charge < -0.3 is 9.88 Å². The Balaban J connectivity index is 1.41. The average Bonchev–Trinajstić information content (AvgIpc) is 3.40. The fraction of sp³-hybridized carbons (Fsp3) is 0.190. The van der Waals surface area contributed by atoms with E-state index in [1.54, 1.807) is 16.6 Å². The number of aromatic nitrogens is 8. The number of nitrogens with one attached hydrogen (secondary N) is 1. The third kappa shape index (κ3) is 3.37. The van der Waals surface area contributed by atoms with Crippen molar-refractivity contribution in [2.24, 2.45) is 14.1 Å². The van der Waals surface area contributed by atoms with Crippen LogP contribution >= 0.6 is 0 Å². The van der Waals surface area contributed by atoms with Gasteiger partial charge in [0.2, 0.25) is 5.91 Å². The van der Waals surface area contributed by atoms with Crippen molar-refractivity contribution in [1.82, 2.24) is 38.5 Å². The van der Waals surface area contributed by atoms with Gasteiger partial charge in [-0.25, -0.2) is 9.78 Å². The Morgan fingerprint density at radius 3 is 2.70 bits per heavy atom. The van der Waals surface area contributed by atoms with Crippen molar-refractivity contribution in [2.45, 2.75) is 13.5 Å². The Morgan fingerprint density at radius 1 is 1.06 bits per heavy atom. The number of benzene rings is 1. The SMILES string of the molecule is Cc1nnc2ccc(-c3cccc(NC(=O)Cn4cnc5c4c(=O)n(C)c(=O)n5C)c3)nn12. The molecular weight excluding hydrogens is 426 g/mol. The van der Waals surface area contributed by atoms with Gasteiger partial charge in [-0.1, -0.05) is 12.1 Å². The van der Waals surface area contributed by atoms with E-state index in [1.165, 1.54) is 29.6 Å². The molecule has 0 saturated heterocycles. The highest BCUT2D eigenvalue weighted by Crippen LogP contribution is 2.21. The van der Waals surface area contributed by atoms with Gasteiger partial charge in [0.15, 0.2) is 22.6 Å². The lowest BCUT2D eigenvalue weighted by atomic mass is 10.1. The summed E-state index contributed by atoms with van der Waals surface area (Å²) in [6.45, 7) is 1.68. The molecule has 0 fully saturated rings. The van der Waals surface area contributed by atoms with Crippen LogP contribution in [0.4, 0.5) is 5.69 Å². The number of hydrogen-bond acceptors (Lipinski definition) is 7. The van der Waals surface area contributed by atoms with Crippen LogP contribution in [0.25, 0.3) is 28.1 Å². The van der Waals surface area contributed by atoms with Crippen LogP contribution in [0.15, 0.2) is 52.3 Å². The van der Waals surface area contributed by atoms with Crippen LogP contribution in [-0.2, 0) is 25.4 Å². The predicted octanol–water partition coefficient (Wildman–Crippen LogP) is 0.486. The maximum atomic E-state index is 12.7. The topological polar surface area (TPSA) is 134 Å². The number of anilines is 1. The van der Waals surface area contributed by atoms with Crippen LogP contribution in [0.1, 0.15) is 5.82 Å². The molecule has 0 aliphatic rings. The molecule has 1 N–H and O–H groups in total. The van der Waals surface area contributed by atoms with Gasteiger partial charge in [-0.15, -0.1) is 10.2 Å². The van der Waals surface area contributed by atoms with Crippen molar-refractivity contribution in [2.75, 3.05) is 5.32 Å². The molecular formula is C21H19N9O3. The van der Waals surface area contributed by atoms with Crippen molar-refractivity contribution in [1.29, 1.82) is 0 Å². The highest BCUT2D eigenvalue weighted by Gasteiger charge is 2.16. The van der Waals surface area contributed by atoms with E-state index >= 15 is 0 Å². The largest absolute Gasteiger partial charge is 0.332 e. The Labute approximate surface area is 185 Å². The maximum Gasteiger partial charge on any atom is 0.332 e. The molecule has 1 amide bonds. The molecule has 12 nitrogen and oxygen atoms in total. The third-order valence-corrected chi connectivity index (χ3v) is 5.39. The maximum absolute atomic E-state index is 12.7. The first kappa shape index (κ1) is 20.3. The zero-order valence-electron chi connectivity index (χ0n) is 18.1. The van der Waals surface area contributed by atoms with E-state index in [0.717, 1.165) is 10.1 Å². The number of amides is 1. The number of nitrogens with zero attached hydrogens (tertiary/aromatic N) is 8. The molecule has 0 radical (unpaired) electrons. The van der Waals surface area contributed by atoms with Crippen LogP contribution in [0.2, 0.25) is 0 Å². The van der Waals surface area contributed by atoms with Crippen molar-refractivity contribution >= 4 is 28.4 Å². The molecule has 0 aliphatic heterocycles. The third-order valence-electron chi connectivity index (χ3n) is 5.39. The summed E-state index contributed by atoms with van der Waals surface area (Å²) in [5.41, 5.74) is 2.15. The lowest BCUT2D eigenvalue weighted by molar-refractivity contribution is -0.116. The molecule has 0 spiro atoms. The molecule has 0 atom stereocenters. The molecule has 4 heterocycles. The van der Waals surface area contributed by atoms with Gasteiger partial charge >= 0.3 is 5.69 Å². The van der Waals surface area contributed by atoms with Gasteiger partial charge in [0.1, 0.15) is 6.54 Å². The van der Waals surface area contributed by atoms with Gasteiger partial charge in [-0.05, 0) is 31.2 Å². The molecule has 166 valence electrons. The van der Waals surface area contributed by atoms with Gasteiger partial charge in [0.25, 0.3) is 5.56 Å². The van der Waals surface area contributed by atoms with Gasteiger partial charge in [-0.3, -0.25) is 18.7 Å². The van der Waals surface area contributed by atoms with E-state index < -0.39 is 11.2 Å². The van der Waals surface area contributed by atoms with E-state index in [2.05, 4.69) is 25.6 Å². The normalized spacial score (nSPS) is 11.4. The molecule has 4 aromatic heterocycles. The van der Waals surface area contributed by atoms with Crippen molar-refractivity contribution in [3.63, 3.8) is 0 Å². The number of carbonyl (C=O) groups excluding carboxylic acids is 1. The van der Waals surface area contributed by atoms with Crippen LogP contribution in [0.3, 0.4) is 0 Å². The minimum Gasteiger partial charge on any atom is -0.325 e. The smallest absolute Gasteiger partial charge is 0.325 e. The van der Waals surface area contributed by atoms with E-state index in [-0.39, 0.29) is 23.6 Å². The number of hydrogen-bond donors (Lipinski definition) is 1. The number of aryl methyl sites for hydroxylation is 2. The van der Waals surface area contributed by atoms with Crippen LogP contribution in [0, 0.1) is 6.92 Å². The van der Waals surface area contributed by atoms with E-state index in [4.69, 9.17) is 0 Å². The molecule has 0 aliphatic carbocycles. The Hall–Kier alpha value is -4.61. The van der Waals surface area contributed by atoms with Gasteiger partial charge in [-0.2, -0.15) is 9.61 Å². The minimum absolute atomic E-state index is 0.141. The van der Waals surface area contributed by atoms with Gasteiger partial charge in [0.05, 0.1) is 12.0 Å². The zero-order valence-corrected chi connectivity index (χ0v) is 18.1. The van der Waals surface area contributed by atoms with Gasteiger partial charge in [0, 0.05) is 25.3 Å². The standard InChI is InChI=1S/C21H19N9O3/c1-12-24-25-16-8-7-15(26-30(12)16)13-5-4-6-14(9-13)23-17(31)10-29-11-22-19-18(29)20(32)28(3)21(33)27(19)2/h4-9,11H,10H2,1-3H3,(H,23,31). The Kier molecular flexibility index (Phi) is 4.62. The Bertz CT molecular complexity index is 1670. The summed E-state index contributed by atoms with van der Waals surface area (Å²) in [5, 5.41) is 15.4. The molecule has 0 bridgehead atoms. The first-order chi connectivity index (χ1) is 15.8. The molecule has 5 rings (SSSR count). The summed E-state index contributed by atoms with van der Waals surface area (Å²) in [5.74, 6) is 0.327. The fourth-order valence-electron chi connectivity index (χ4n) is 3.68. The molecule has 5 aromatic rings. The van der Waals surface area contributed by atoms with E-state index in [1.807, 2.05) is 31.2 Å². The predicted molar refractivity (Wildman–Crippen MR) is 120 cm³/mol. The molecule has 1 aromatic carbocycles. The summed E-state index contributed by atoms with van der Waals surface area (Å²) in [7, 11) is 2.92. The van der Waals surface area contributed by atoms with Crippen molar-refractivity contribution in [3.05, 3.63) is 69.4 Å². The molecule has 33 heavy (non-hydrogen) atoms. The summed E-state index contributed by atoms with van der Waals surface area (Å²) in [4.78, 5) is 41.5. The van der Waals surface area contributed by atoms with Crippen LogP contribution in [-0.4, -0.2) is 44.4 Å². The quantitative estimate of drug-likeness (QED) is 0.425. The second kappa shape index (κ2) is 7.51. The van der Waals surface area contributed by atoms with Crippen LogP contribution in [0.5, 0.6) is 0 Å². The number of imidazole rings is 1. The Morgan fingerprint density at radius 2 is 1.88 bits per heavy atom. The fourth-order valence-corrected chi connectivity index (χ4v) is 3.68. The summed E-state index contributed by atoms with van der Waals surface area (Å²) in [6, 6.07) is 10.9. The molecule has 0 saturated carbocycles. The first-order valence-electron chi connectivity index (χ1n) is 10.0. The average molecular weight is 445 g/mol. The number of rotatable bonds is 4. The molecule has 12 heteroatoms. The monoisotopic (exact) mass is 445 g/mol. The lowest BCUT2D eigenvalue weighted by Gasteiger charge is -2.09. The summed E-state index contributed by atoms with van der Waals surface area (Å²) >= 11 is 0. The van der Waals surface area contributed by atoms with Crippen molar-refractivity contribution in [3.8, 4) is 11.3 Å². The van der Waals surface area contributed by atoms with E-state index in [0.29, 0.717) is 22.9 Å². The first-order valence-corrected chi connectivity index (χ1v) is 10.0. The highest BCUT2D eigenvalue weighted by molar-refractivity contribution is 5.92. The second-order valence-electron chi connectivity index (χ2n) is 7.62. The van der Waals surface area contributed by atoms with Crippen LogP contribution < -0.4 is 16.6 Å². The highest BCUT2D eigenvalue weighted by atomic mass is 16.2. The number of carbonyl (C=O) groups is 1. The van der Waals surface area contributed by atoms with E-state index in [9.17, 15) is 14.4 Å². The zero-order chi connectivity index (χ0) is 23.3. The summed E-state index contributed by atoms with van der Waals surface area (Å²) < 4.78 is 5.35. The number of fused-ring (bicyclic) bond motifs is 2. The minimum atomic E-state index is -0.508. The summed E-state index contributed by atoms with van der Waals surface area (Å²) in [6.07, 6.45) is 1.38. The second-order valence-corrected chi connectivity index (χ2v) is 7.62. The molecule has 0 unspecified atom stereocenters. The van der Waals surface area contributed by atoms with Crippen molar-refractivity contribution < 1.29 is 4.79 Å².